The lowest BCUT2D eigenvalue weighted by Gasteiger charge is -2.30. The van der Waals surface area contributed by atoms with Crippen LogP contribution >= 0.6 is 11.3 Å². The molecule has 1 aliphatic heterocycles. The van der Waals surface area contributed by atoms with Crippen molar-refractivity contribution >= 4 is 27.5 Å². The van der Waals surface area contributed by atoms with Crippen molar-refractivity contribution in [3.05, 3.63) is 29.3 Å². The minimum absolute atomic E-state index is 0.134. The highest BCUT2D eigenvalue weighted by Crippen LogP contribution is 2.21. The number of hydrogen-bond donors (Lipinski definition) is 1. The zero-order valence-electron chi connectivity index (χ0n) is 13.0. The maximum Gasteiger partial charge on any atom is 0.234 e. The van der Waals surface area contributed by atoms with E-state index < -0.39 is 0 Å². The van der Waals surface area contributed by atoms with Gasteiger partial charge in [0.25, 0.3) is 0 Å². The number of benzene rings is 1. The Morgan fingerprint density at radius 3 is 3.14 bits per heavy atom. The summed E-state index contributed by atoms with van der Waals surface area (Å²) in [6.45, 7) is 5.56. The molecule has 0 bridgehead atoms. The van der Waals surface area contributed by atoms with E-state index in [0.29, 0.717) is 19.0 Å². The van der Waals surface area contributed by atoms with Crippen molar-refractivity contribution in [3.8, 4) is 0 Å². The molecule has 0 saturated carbocycles. The van der Waals surface area contributed by atoms with Crippen LogP contribution in [0.15, 0.2) is 24.3 Å². The number of nitrogens with one attached hydrogen (secondary N) is 1. The number of aromatic nitrogens is 1. The van der Waals surface area contributed by atoms with Crippen LogP contribution in [0, 0.1) is 5.92 Å². The monoisotopic (exact) mass is 317 g/mol. The van der Waals surface area contributed by atoms with Crippen molar-refractivity contribution in [2.45, 2.75) is 26.2 Å². The largest absolute Gasteiger partial charge is 0.355 e. The first kappa shape index (κ1) is 15.4. The number of amides is 1. The van der Waals surface area contributed by atoms with Crippen molar-refractivity contribution in [2.24, 2.45) is 5.92 Å². The molecule has 22 heavy (non-hydrogen) atoms. The molecule has 1 aromatic heterocycles. The molecule has 3 rings (SSSR count). The normalized spacial score (nSPS) is 19.4. The summed E-state index contributed by atoms with van der Waals surface area (Å²) in [6.07, 6.45) is 3.30. The Bertz CT molecular complexity index is 607. The van der Waals surface area contributed by atoms with E-state index in [1.165, 1.54) is 17.5 Å². The van der Waals surface area contributed by atoms with Crippen LogP contribution in [0.5, 0.6) is 0 Å². The third-order valence-corrected chi connectivity index (χ3v) is 5.20. The van der Waals surface area contributed by atoms with E-state index in [0.717, 1.165) is 30.0 Å². The summed E-state index contributed by atoms with van der Waals surface area (Å²) < 4.78 is 1.21. The number of fused-ring (bicyclic) bond motifs is 1. The Hall–Kier alpha value is -1.46. The predicted molar refractivity (Wildman–Crippen MR) is 91.2 cm³/mol. The van der Waals surface area contributed by atoms with Crippen molar-refractivity contribution < 1.29 is 4.79 Å². The molecule has 1 saturated heterocycles. The highest BCUT2D eigenvalue weighted by atomic mass is 32.1. The summed E-state index contributed by atoms with van der Waals surface area (Å²) in [5, 5.41) is 4.11. The number of para-hydroxylation sites is 1. The molecule has 1 N–H and O–H groups in total. The average molecular weight is 317 g/mol. The second-order valence-electron chi connectivity index (χ2n) is 6.16. The molecular formula is C17H23N3OS. The van der Waals surface area contributed by atoms with Gasteiger partial charge in [-0.1, -0.05) is 19.1 Å². The van der Waals surface area contributed by atoms with Crippen molar-refractivity contribution in [2.75, 3.05) is 26.2 Å². The van der Waals surface area contributed by atoms with E-state index in [4.69, 9.17) is 0 Å². The van der Waals surface area contributed by atoms with E-state index in [9.17, 15) is 4.79 Å². The third-order valence-electron chi connectivity index (χ3n) is 4.11. The molecule has 1 aliphatic rings. The van der Waals surface area contributed by atoms with Gasteiger partial charge in [0, 0.05) is 19.5 Å². The molecule has 1 amide bonds. The molecule has 5 heteroatoms. The Morgan fingerprint density at radius 2 is 2.32 bits per heavy atom. The van der Waals surface area contributed by atoms with E-state index in [-0.39, 0.29) is 5.91 Å². The third kappa shape index (κ3) is 4.05. The number of thiazole rings is 1. The van der Waals surface area contributed by atoms with E-state index in [2.05, 4.69) is 28.2 Å². The second-order valence-corrected chi connectivity index (χ2v) is 7.27. The summed E-state index contributed by atoms with van der Waals surface area (Å²) in [4.78, 5) is 18.9. The van der Waals surface area contributed by atoms with Gasteiger partial charge in [-0.25, -0.2) is 4.98 Å². The molecule has 1 aromatic carbocycles. The lowest BCUT2D eigenvalue weighted by atomic mass is 10.0. The van der Waals surface area contributed by atoms with E-state index in [1.54, 1.807) is 11.3 Å². The number of carbonyl (C=O) groups excluding carboxylic acids is 1. The Balaban J connectivity index is 1.43. The molecule has 2 aromatic rings. The molecule has 1 atom stereocenters. The predicted octanol–water partition coefficient (Wildman–Crippen LogP) is 2.69. The number of likely N-dealkylation sites (tertiary alicyclic amines) is 1. The van der Waals surface area contributed by atoms with Crippen LogP contribution in [0.25, 0.3) is 10.2 Å². The summed E-state index contributed by atoms with van der Waals surface area (Å²) >= 11 is 1.71. The van der Waals surface area contributed by atoms with Gasteiger partial charge < -0.3 is 5.32 Å². The Kier molecular flexibility index (Phi) is 5.05. The summed E-state index contributed by atoms with van der Waals surface area (Å²) in [5.41, 5.74) is 1.05. The summed E-state index contributed by atoms with van der Waals surface area (Å²) in [6, 6.07) is 8.16. The minimum atomic E-state index is 0.134. The zero-order chi connectivity index (χ0) is 15.4. The maximum atomic E-state index is 12.0. The molecule has 1 unspecified atom stereocenters. The molecule has 0 spiro atoms. The first-order valence-electron chi connectivity index (χ1n) is 8.04. The van der Waals surface area contributed by atoms with E-state index in [1.807, 2.05) is 18.2 Å². The molecule has 1 fully saturated rings. The standard InChI is InChI=1S/C17H23N3OS/c1-13-5-4-10-20(11-13)12-16(21)18-9-8-17-19-14-6-2-3-7-15(14)22-17/h2-3,6-7,13H,4-5,8-12H2,1H3,(H,18,21). The highest BCUT2D eigenvalue weighted by molar-refractivity contribution is 7.18. The first-order chi connectivity index (χ1) is 10.7. The van der Waals surface area contributed by atoms with Gasteiger partial charge in [0.2, 0.25) is 5.91 Å². The quantitative estimate of drug-likeness (QED) is 0.922. The summed E-state index contributed by atoms with van der Waals surface area (Å²) in [7, 11) is 0. The number of rotatable bonds is 5. The van der Waals surface area contributed by atoms with Crippen LogP contribution in [-0.4, -0.2) is 42.0 Å². The van der Waals surface area contributed by atoms with Gasteiger partial charge >= 0.3 is 0 Å². The van der Waals surface area contributed by atoms with Gasteiger partial charge in [-0.3, -0.25) is 9.69 Å². The van der Waals surface area contributed by atoms with Gasteiger partial charge in [0.05, 0.1) is 21.8 Å². The van der Waals surface area contributed by atoms with Crippen molar-refractivity contribution in [3.63, 3.8) is 0 Å². The summed E-state index contributed by atoms with van der Waals surface area (Å²) in [5.74, 6) is 0.847. The Labute approximate surface area is 135 Å². The average Bonchev–Trinajstić information content (AvgIpc) is 2.90. The fourth-order valence-electron chi connectivity index (χ4n) is 3.03. The van der Waals surface area contributed by atoms with Crippen LogP contribution in [0.3, 0.4) is 0 Å². The Morgan fingerprint density at radius 1 is 1.45 bits per heavy atom. The molecule has 0 radical (unpaired) electrons. The SMILES string of the molecule is CC1CCCN(CC(=O)NCCc2nc3ccccc3s2)C1. The van der Waals surface area contributed by atoms with Crippen LogP contribution in [-0.2, 0) is 11.2 Å². The van der Waals surface area contributed by atoms with Crippen LogP contribution in [0.1, 0.15) is 24.8 Å². The molecule has 4 nitrogen and oxygen atoms in total. The second kappa shape index (κ2) is 7.20. The van der Waals surface area contributed by atoms with Crippen LogP contribution < -0.4 is 5.32 Å². The van der Waals surface area contributed by atoms with E-state index >= 15 is 0 Å². The molecule has 2 heterocycles. The lowest BCUT2D eigenvalue weighted by Crippen LogP contribution is -2.42. The fraction of sp³-hybridized carbons (Fsp3) is 0.529. The van der Waals surface area contributed by atoms with Gasteiger partial charge in [-0.2, -0.15) is 0 Å². The van der Waals surface area contributed by atoms with Crippen molar-refractivity contribution in [1.82, 2.24) is 15.2 Å². The minimum Gasteiger partial charge on any atom is -0.355 e. The van der Waals surface area contributed by atoms with Crippen molar-refractivity contribution in [1.29, 1.82) is 0 Å². The topological polar surface area (TPSA) is 45.2 Å². The maximum absolute atomic E-state index is 12.0. The molecule has 0 aliphatic carbocycles. The lowest BCUT2D eigenvalue weighted by molar-refractivity contribution is -0.122. The van der Waals surface area contributed by atoms with Gasteiger partial charge in [-0.15, -0.1) is 11.3 Å². The zero-order valence-corrected chi connectivity index (χ0v) is 13.9. The molecular weight excluding hydrogens is 294 g/mol. The van der Waals surface area contributed by atoms with Gasteiger partial charge in [-0.05, 0) is 37.4 Å². The van der Waals surface area contributed by atoms with Gasteiger partial charge in [0.1, 0.15) is 0 Å². The first-order valence-corrected chi connectivity index (χ1v) is 8.86. The number of piperidine rings is 1. The smallest absolute Gasteiger partial charge is 0.234 e. The highest BCUT2D eigenvalue weighted by Gasteiger charge is 2.18. The number of hydrogen-bond acceptors (Lipinski definition) is 4. The number of nitrogens with zero attached hydrogens (tertiary/aromatic N) is 2. The van der Waals surface area contributed by atoms with Crippen LogP contribution in [0.4, 0.5) is 0 Å². The fourth-order valence-corrected chi connectivity index (χ4v) is 3.99. The van der Waals surface area contributed by atoms with Crippen LogP contribution in [0.2, 0.25) is 0 Å². The van der Waals surface area contributed by atoms with Gasteiger partial charge in [0.15, 0.2) is 0 Å². The number of carbonyl (C=O) groups is 1. The molecule has 118 valence electrons.